The number of fused-ring (bicyclic) bond motifs is 5. The Morgan fingerprint density at radius 3 is 2.25 bits per heavy atom. The Kier molecular flexibility index (Phi) is 6.49. The van der Waals surface area contributed by atoms with E-state index in [1.807, 2.05) is 0 Å². The van der Waals surface area contributed by atoms with E-state index in [1.165, 1.54) is 14.2 Å². The number of hydrogen-bond acceptors (Lipinski definition) is 7. The summed E-state index contributed by atoms with van der Waals surface area (Å²) in [7, 11) is 2.95. The van der Waals surface area contributed by atoms with Crippen LogP contribution in [0.2, 0.25) is 0 Å². The van der Waals surface area contributed by atoms with Crippen molar-refractivity contribution in [2.75, 3.05) is 32.7 Å². The Balaban J connectivity index is 1.33. The largest absolute Gasteiger partial charge is 0.497 e. The summed E-state index contributed by atoms with van der Waals surface area (Å²) in [5.74, 6) is -1.83. The van der Waals surface area contributed by atoms with Gasteiger partial charge in [0.05, 0.1) is 31.7 Å². The van der Waals surface area contributed by atoms with Gasteiger partial charge in [-0.25, -0.2) is 0 Å². The fourth-order valence-corrected chi connectivity index (χ4v) is 6.86. The van der Waals surface area contributed by atoms with Crippen LogP contribution in [0.25, 0.3) is 0 Å². The van der Waals surface area contributed by atoms with E-state index in [2.05, 4.69) is 37.2 Å². The number of anilines is 1. The number of ether oxygens (including phenoxy) is 3. The number of halogens is 2. The number of nitrogens with one attached hydrogen (secondary N) is 1. The third-order valence-corrected chi connectivity index (χ3v) is 9.62. The van der Waals surface area contributed by atoms with Gasteiger partial charge in [-0.1, -0.05) is 31.9 Å². The number of imide groups is 1. The maximum atomic E-state index is 12.8. The molecule has 2 aliphatic carbocycles. The highest BCUT2D eigenvalue weighted by Crippen LogP contribution is 2.60. The number of alkyl halides is 2. The summed E-state index contributed by atoms with van der Waals surface area (Å²) in [6.07, 6.45) is 0.810. The maximum Gasteiger partial charge on any atom is 0.326 e. The first-order valence-electron chi connectivity index (χ1n) is 10.1. The topological polar surface area (TPSA) is 111 Å². The highest BCUT2D eigenvalue weighted by molar-refractivity contribution is 9.12. The molecule has 1 N–H and O–H groups in total. The average molecular weight is 574 g/mol. The van der Waals surface area contributed by atoms with Crippen LogP contribution >= 0.6 is 31.9 Å². The van der Waals surface area contributed by atoms with Gasteiger partial charge in [0, 0.05) is 15.7 Å². The van der Waals surface area contributed by atoms with Gasteiger partial charge in [-0.3, -0.25) is 24.1 Å². The zero-order valence-corrected chi connectivity index (χ0v) is 20.6. The molecule has 3 aliphatic rings. The zero-order chi connectivity index (χ0) is 23.2. The minimum Gasteiger partial charge on any atom is -0.497 e. The predicted molar refractivity (Wildman–Crippen MR) is 120 cm³/mol. The first-order valence-corrected chi connectivity index (χ1v) is 11.9. The van der Waals surface area contributed by atoms with E-state index in [9.17, 15) is 19.2 Å². The molecule has 32 heavy (non-hydrogen) atoms. The smallest absolute Gasteiger partial charge is 0.326 e. The van der Waals surface area contributed by atoms with E-state index >= 15 is 0 Å². The Morgan fingerprint density at radius 2 is 1.69 bits per heavy atom. The Hall–Kier alpha value is -2.14. The quantitative estimate of drug-likeness (QED) is 0.301. The van der Waals surface area contributed by atoms with Crippen LogP contribution in [0.15, 0.2) is 18.2 Å². The molecule has 2 saturated carbocycles. The lowest BCUT2D eigenvalue weighted by atomic mass is 9.81. The van der Waals surface area contributed by atoms with Crippen LogP contribution in [0.4, 0.5) is 5.69 Å². The van der Waals surface area contributed by atoms with Crippen molar-refractivity contribution in [1.29, 1.82) is 0 Å². The standard InChI is InChI=1S/C21H22Br2N2O7/c1-30-9-3-4-13(31-2)12(5-9)24-14(26)8-32-15(27)7-25-20(28)16-10-6-11(17(16)21(25)29)19(23)18(10)22/h3-5,10-11,16-19H,6-8H2,1-2H3,(H,24,26)/t10-,11-,16-,17+,18+,19+/m1/s1. The lowest BCUT2D eigenvalue weighted by molar-refractivity contribution is -0.154. The Bertz CT molecular complexity index is 939. The summed E-state index contributed by atoms with van der Waals surface area (Å²) in [5.41, 5.74) is 0.356. The minimum absolute atomic E-state index is 0.0652. The molecule has 1 saturated heterocycles. The molecular formula is C21H22Br2N2O7. The fourth-order valence-electron chi connectivity index (χ4n) is 4.99. The van der Waals surface area contributed by atoms with E-state index in [-0.39, 0.29) is 33.3 Å². The third kappa shape index (κ3) is 3.89. The van der Waals surface area contributed by atoms with Crippen molar-refractivity contribution in [3.8, 4) is 11.5 Å². The monoisotopic (exact) mass is 572 g/mol. The molecule has 1 heterocycles. The summed E-state index contributed by atoms with van der Waals surface area (Å²) in [4.78, 5) is 51.4. The summed E-state index contributed by atoms with van der Waals surface area (Å²) >= 11 is 7.24. The molecule has 172 valence electrons. The molecule has 11 heteroatoms. The van der Waals surface area contributed by atoms with Gasteiger partial charge < -0.3 is 19.5 Å². The van der Waals surface area contributed by atoms with Crippen LogP contribution in [-0.2, 0) is 23.9 Å². The highest BCUT2D eigenvalue weighted by atomic mass is 79.9. The van der Waals surface area contributed by atoms with Crippen LogP contribution in [0, 0.1) is 23.7 Å². The molecule has 0 aromatic heterocycles. The van der Waals surface area contributed by atoms with Crippen molar-refractivity contribution >= 4 is 61.2 Å². The average Bonchev–Trinajstić information content (AvgIpc) is 3.38. The van der Waals surface area contributed by atoms with Crippen molar-refractivity contribution in [3.05, 3.63) is 18.2 Å². The van der Waals surface area contributed by atoms with Crippen molar-refractivity contribution in [2.24, 2.45) is 23.7 Å². The van der Waals surface area contributed by atoms with Gasteiger partial charge in [-0.15, -0.1) is 0 Å². The number of carbonyl (C=O) groups excluding carboxylic acids is 4. The summed E-state index contributed by atoms with van der Waals surface area (Å²) in [6.45, 7) is -1.07. The Morgan fingerprint density at radius 1 is 1.06 bits per heavy atom. The van der Waals surface area contributed by atoms with Crippen LogP contribution in [0.1, 0.15) is 6.42 Å². The first kappa shape index (κ1) is 23.0. The molecular weight excluding hydrogens is 552 g/mol. The number of carbonyl (C=O) groups is 4. The van der Waals surface area contributed by atoms with Gasteiger partial charge in [0.15, 0.2) is 6.61 Å². The molecule has 6 atom stereocenters. The summed E-state index contributed by atoms with van der Waals surface area (Å²) in [5, 5.41) is 2.59. The van der Waals surface area contributed by atoms with Crippen LogP contribution in [-0.4, -0.2) is 65.6 Å². The van der Waals surface area contributed by atoms with Crippen molar-refractivity contribution in [1.82, 2.24) is 4.90 Å². The highest BCUT2D eigenvalue weighted by Gasteiger charge is 2.66. The molecule has 3 fully saturated rings. The van der Waals surface area contributed by atoms with Crippen LogP contribution < -0.4 is 14.8 Å². The molecule has 0 radical (unpaired) electrons. The molecule has 2 bridgehead atoms. The number of hydrogen-bond donors (Lipinski definition) is 1. The molecule has 0 unspecified atom stereocenters. The number of likely N-dealkylation sites (tertiary alicyclic amines) is 1. The summed E-state index contributed by atoms with van der Waals surface area (Å²) in [6, 6.07) is 4.88. The van der Waals surface area contributed by atoms with Gasteiger partial charge in [0.1, 0.15) is 18.0 Å². The molecule has 1 aromatic carbocycles. The second kappa shape index (κ2) is 9.01. The summed E-state index contributed by atoms with van der Waals surface area (Å²) < 4.78 is 15.3. The van der Waals surface area contributed by atoms with Gasteiger partial charge in [0.2, 0.25) is 11.8 Å². The Labute approximate surface area is 201 Å². The van der Waals surface area contributed by atoms with Crippen molar-refractivity contribution < 1.29 is 33.4 Å². The second-order valence-electron chi connectivity index (χ2n) is 8.04. The lowest BCUT2D eigenvalue weighted by Crippen LogP contribution is -2.38. The van der Waals surface area contributed by atoms with Crippen LogP contribution in [0.3, 0.4) is 0 Å². The number of amides is 3. The molecule has 3 amide bonds. The predicted octanol–water partition coefficient (Wildman–Crippen LogP) is 1.96. The van der Waals surface area contributed by atoms with Gasteiger partial charge in [-0.05, 0) is 30.4 Å². The molecule has 0 spiro atoms. The van der Waals surface area contributed by atoms with E-state index < -0.39 is 36.9 Å². The minimum atomic E-state index is -0.822. The number of nitrogens with zero attached hydrogens (tertiary/aromatic N) is 1. The second-order valence-corrected chi connectivity index (χ2v) is 10.2. The molecule has 1 aromatic rings. The van der Waals surface area contributed by atoms with E-state index in [0.29, 0.717) is 17.2 Å². The van der Waals surface area contributed by atoms with Gasteiger partial charge >= 0.3 is 5.97 Å². The third-order valence-electron chi connectivity index (χ3n) is 6.41. The molecule has 1 aliphatic heterocycles. The number of benzene rings is 1. The van der Waals surface area contributed by atoms with Gasteiger partial charge in [0.25, 0.3) is 5.91 Å². The fraction of sp³-hybridized carbons (Fsp3) is 0.524. The first-order chi connectivity index (χ1) is 15.3. The van der Waals surface area contributed by atoms with Crippen LogP contribution in [0.5, 0.6) is 11.5 Å². The zero-order valence-electron chi connectivity index (χ0n) is 17.4. The lowest BCUT2D eigenvalue weighted by Gasteiger charge is -2.28. The number of methoxy groups -OCH3 is 2. The van der Waals surface area contributed by atoms with Gasteiger partial charge in [-0.2, -0.15) is 0 Å². The van der Waals surface area contributed by atoms with E-state index in [0.717, 1.165) is 11.3 Å². The number of esters is 1. The van der Waals surface area contributed by atoms with Crippen molar-refractivity contribution in [3.63, 3.8) is 0 Å². The SMILES string of the molecule is COc1ccc(OC)c(NC(=O)COC(=O)CN2C(=O)[C@@H]3[C@H]4C[C@@H]([C@H](Br)[C@H]4Br)[C@@H]3C2=O)c1. The molecule has 9 nitrogen and oxygen atoms in total. The van der Waals surface area contributed by atoms with E-state index in [1.54, 1.807) is 18.2 Å². The number of rotatable bonds is 7. The van der Waals surface area contributed by atoms with Crippen molar-refractivity contribution in [2.45, 2.75) is 16.1 Å². The normalized spacial score (nSPS) is 30.3. The van der Waals surface area contributed by atoms with E-state index in [4.69, 9.17) is 14.2 Å². The molecule has 4 rings (SSSR count). The maximum absolute atomic E-state index is 12.8.